The minimum absolute atomic E-state index is 0.155. The van der Waals surface area contributed by atoms with Crippen molar-refractivity contribution in [1.29, 1.82) is 5.26 Å². The molecule has 0 N–H and O–H groups in total. The molecule has 0 aliphatic heterocycles. The van der Waals surface area contributed by atoms with Gasteiger partial charge in [-0.25, -0.2) is 0 Å². The molecule has 0 radical (unpaired) electrons. The highest BCUT2D eigenvalue weighted by Crippen LogP contribution is 2.26. The SMILES string of the molecule is COc1ccc(CC(C#N)N(C)C)c(OC)c1. The lowest BCUT2D eigenvalue weighted by Gasteiger charge is -2.18. The average molecular weight is 234 g/mol. The Hall–Kier alpha value is -1.73. The van der Waals surface area contributed by atoms with E-state index in [0.717, 1.165) is 17.1 Å². The lowest BCUT2D eigenvalue weighted by atomic mass is 10.0. The van der Waals surface area contributed by atoms with Gasteiger partial charge >= 0.3 is 0 Å². The summed E-state index contributed by atoms with van der Waals surface area (Å²) in [5.41, 5.74) is 1.01. The van der Waals surface area contributed by atoms with Crippen LogP contribution in [0.15, 0.2) is 18.2 Å². The van der Waals surface area contributed by atoms with E-state index in [2.05, 4.69) is 6.07 Å². The summed E-state index contributed by atoms with van der Waals surface area (Å²) >= 11 is 0. The van der Waals surface area contributed by atoms with Gasteiger partial charge in [0.25, 0.3) is 0 Å². The van der Waals surface area contributed by atoms with E-state index in [0.29, 0.717) is 6.42 Å². The Bertz CT molecular complexity index is 410. The molecule has 0 saturated heterocycles. The van der Waals surface area contributed by atoms with Crippen LogP contribution in [0.4, 0.5) is 0 Å². The van der Waals surface area contributed by atoms with Crippen molar-refractivity contribution >= 4 is 0 Å². The highest BCUT2D eigenvalue weighted by atomic mass is 16.5. The fourth-order valence-electron chi connectivity index (χ4n) is 1.57. The molecule has 1 aromatic carbocycles. The summed E-state index contributed by atoms with van der Waals surface area (Å²) in [5.74, 6) is 1.51. The number of rotatable bonds is 5. The molecule has 0 saturated carbocycles. The van der Waals surface area contributed by atoms with Crippen molar-refractivity contribution in [2.45, 2.75) is 12.5 Å². The van der Waals surface area contributed by atoms with Crippen LogP contribution in [0, 0.1) is 11.3 Å². The second-order valence-electron chi connectivity index (χ2n) is 3.99. The van der Waals surface area contributed by atoms with Gasteiger partial charge in [-0.3, -0.25) is 4.90 Å². The Kier molecular flexibility index (Phi) is 4.80. The summed E-state index contributed by atoms with van der Waals surface area (Å²) in [6, 6.07) is 7.76. The number of hydrogen-bond donors (Lipinski definition) is 0. The van der Waals surface area contributed by atoms with E-state index in [1.54, 1.807) is 14.2 Å². The smallest absolute Gasteiger partial charge is 0.125 e. The maximum atomic E-state index is 9.06. The van der Waals surface area contributed by atoms with E-state index in [9.17, 15) is 0 Å². The van der Waals surface area contributed by atoms with E-state index in [-0.39, 0.29) is 6.04 Å². The van der Waals surface area contributed by atoms with Gasteiger partial charge < -0.3 is 9.47 Å². The first-order valence-corrected chi connectivity index (χ1v) is 5.39. The van der Waals surface area contributed by atoms with E-state index < -0.39 is 0 Å². The average Bonchev–Trinajstić information content (AvgIpc) is 2.35. The fraction of sp³-hybridized carbons (Fsp3) is 0.462. The van der Waals surface area contributed by atoms with Gasteiger partial charge in [0.2, 0.25) is 0 Å². The van der Waals surface area contributed by atoms with E-state index in [1.165, 1.54) is 0 Å². The number of ether oxygens (including phenoxy) is 2. The Morgan fingerprint density at radius 2 is 2.00 bits per heavy atom. The molecule has 17 heavy (non-hydrogen) atoms. The first-order valence-electron chi connectivity index (χ1n) is 5.39. The monoisotopic (exact) mass is 234 g/mol. The zero-order chi connectivity index (χ0) is 12.8. The maximum Gasteiger partial charge on any atom is 0.125 e. The summed E-state index contributed by atoms with van der Waals surface area (Å²) in [6.45, 7) is 0. The van der Waals surface area contributed by atoms with Crippen LogP contribution in [0.5, 0.6) is 11.5 Å². The van der Waals surface area contributed by atoms with Crippen LogP contribution < -0.4 is 9.47 Å². The van der Waals surface area contributed by atoms with Gasteiger partial charge in [-0.2, -0.15) is 5.26 Å². The summed E-state index contributed by atoms with van der Waals surface area (Å²) in [7, 11) is 7.02. The van der Waals surface area contributed by atoms with Crippen LogP contribution in [0.2, 0.25) is 0 Å². The lowest BCUT2D eigenvalue weighted by Crippen LogP contribution is -2.28. The third kappa shape index (κ3) is 3.36. The van der Waals surface area contributed by atoms with E-state index in [4.69, 9.17) is 14.7 Å². The Morgan fingerprint density at radius 1 is 1.29 bits per heavy atom. The molecular weight excluding hydrogens is 216 g/mol. The van der Waals surface area contributed by atoms with E-state index in [1.807, 2.05) is 37.2 Å². The van der Waals surface area contributed by atoms with Gasteiger partial charge in [0.15, 0.2) is 0 Å². The third-order valence-corrected chi connectivity index (χ3v) is 2.68. The summed E-state index contributed by atoms with van der Waals surface area (Å²) in [5, 5.41) is 9.06. The number of nitrogens with zero attached hydrogens (tertiary/aromatic N) is 2. The number of nitriles is 1. The van der Waals surface area contributed by atoms with Gasteiger partial charge in [-0.05, 0) is 25.7 Å². The second-order valence-corrected chi connectivity index (χ2v) is 3.99. The van der Waals surface area contributed by atoms with Crippen molar-refractivity contribution in [3.8, 4) is 17.6 Å². The molecule has 0 amide bonds. The topological polar surface area (TPSA) is 45.5 Å². The number of likely N-dealkylation sites (N-methyl/N-ethyl adjacent to an activating group) is 1. The summed E-state index contributed by atoms with van der Waals surface area (Å²) < 4.78 is 10.4. The predicted octanol–water partition coefficient (Wildman–Crippen LogP) is 1.70. The lowest BCUT2D eigenvalue weighted by molar-refractivity contribution is 0.341. The first-order chi connectivity index (χ1) is 8.12. The molecule has 1 rings (SSSR count). The van der Waals surface area contributed by atoms with Gasteiger partial charge in [0.05, 0.1) is 20.3 Å². The molecule has 0 heterocycles. The largest absolute Gasteiger partial charge is 0.497 e. The van der Waals surface area contributed by atoms with Crippen LogP contribution in [0.1, 0.15) is 5.56 Å². The number of hydrogen-bond acceptors (Lipinski definition) is 4. The molecule has 0 aromatic heterocycles. The molecule has 0 fully saturated rings. The normalized spacial score (nSPS) is 12.0. The van der Waals surface area contributed by atoms with Crippen LogP contribution in [-0.4, -0.2) is 39.3 Å². The quantitative estimate of drug-likeness (QED) is 0.778. The summed E-state index contributed by atoms with van der Waals surface area (Å²) in [6.07, 6.45) is 0.636. The second kappa shape index (κ2) is 6.12. The molecule has 4 heteroatoms. The van der Waals surface area contributed by atoms with Crippen molar-refractivity contribution in [2.75, 3.05) is 28.3 Å². The molecule has 0 bridgehead atoms. The molecule has 1 unspecified atom stereocenters. The van der Waals surface area contributed by atoms with Crippen LogP contribution >= 0.6 is 0 Å². The zero-order valence-corrected chi connectivity index (χ0v) is 10.7. The minimum atomic E-state index is -0.155. The van der Waals surface area contributed by atoms with Gasteiger partial charge in [0.1, 0.15) is 17.5 Å². The fourth-order valence-corrected chi connectivity index (χ4v) is 1.57. The van der Waals surface area contributed by atoms with Gasteiger partial charge in [-0.15, -0.1) is 0 Å². The third-order valence-electron chi connectivity index (χ3n) is 2.68. The molecule has 4 nitrogen and oxygen atoms in total. The Morgan fingerprint density at radius 3 is 2.47 bits per heavy atom. The van der Waals surface area contributed by atoms with Crippen molar-refractivity contribution in [3.63, 3.8) is 0 Å². The molecule has 1 atom stereocenters. The van der Waals surface area contributed by atoms with Crippen molar-refractivity contribution in [2.24, 2.45) is 0 Å². The predicted molar refractivity (Wildman–Crippen MR) is 66.3 cm³/mol. The molecule has 1 aromatic rings. The molecule has 0 aliphatic carbocycles. The molecule has 92 valence electrons. The molecule has 0 aliphatic rings. The van der Waals surface area contributed by atoms with Crippen LogP contribution in [0.25, 0.3) is 0 Å². The van der Waals surface area contributed by atoms with Crippen LogP contribution in [-0.2, 0) is 6.42 Å². The van der Waals surface area contributed by atoms with Crippen LogP contribution in [0.3, 0.4) is 0 Å². The highest BCUT2D eigenvalue weighted by Gasteiger charge is 2.14. The van der Waals surface area contributed by atoms with Gasteiger partial charge in [0, 0.05) is 12.5 Å². The number of methoxy groups -OCH3 is 2. The van der Waals surface area contributed by atoms with Crippen molar-refractivity contribution in [3.05, 3.63) is 23.8 Å². The maximum absolute atomic E-state index is 9.06. The highest BCUT2D eigenvalue weighted by molar-refractivity contribution is 5.41. The summed E-state index contributed by atoms with van der Waals surface area (Å²) in [4.78, 5) is 1.89. The van der Waals surface area contributed by atoms with E-state index >= 15 is 0 Å². The van der Waals surface area contributed by atoms with Crippen molar-refractivity contribution in [1.82, 2.24) is 4.90 Å². The Labute approximate surface area is 102 Å². The molecular formula is C13H18N2O2. The van der Waals surface area contributed by atoms with Gasteiger partial charge in [-0.1, -0.05) is 6.07 Å². The standard InChI is InChI=1S/C13H18N2O2/c1-15(2)11(9-14)7-10-5-6-12(16-3)8-13(10)17-4/h5-6,8,11H,7H2,1-4H3. The minimum Gasteiger partial charge on any atom is -0.497 e. The number of benzene rings is 1. The molecule has 0 spiro atoms. The Balaban J connectivity index is 2.94. The zero-order valence-electron chi connectivity index (χ0n) is 10.7. The first kappa shape index (κ1) is 13.3. The van der Waals surface area contributed by atoms with Crippen molar-refractivity contribution < 1.29 is 9.47 Å².